The van der Waals surface area contributed by atoms with Gasteiger partial charge >= 0.3 is 6.09 Å². The van der Waals surface area contributed by atoms with E-state index in [1.807, 2.05) is 0 Å². The monoisotopic (exact) mass is 353 g/mol. The number of aromatic nitrogens is 4. The molecular formula is C15H20ClN5O3. The van der Waals surface area contributed by atoms with Crippen LogP contribution in [0.5, 0.6) is 0 Å². The Hall–Kier alpha value is -2.19. The summed E-state index contributed by atoms with van der Waals surface area (Å²) in [7, 11) is 0. The second kappa shape index (κ2) is 6.37. The van der Waals surface area contributed by atoms with Crippen LogP contribution in [0.4, 0.5) is 10.5 Å². The summed E-state index contributed by atoms with van der Waals surface area (Å²) in [6.07, 6.45) is 2.25. The van der Waals surface area contributed by atoms with Crippen molar-refractivity contribution in [3.8, 4) is 5.82 Å². The topological polar surface area (TPSA) is 102 Å². The van der Waals surface area contributed by atoms with Crippen LogP contribution in [-0.4, -0.2) is 36.8 Å². The van der Waals surface area contributed by atoms with Gasteiger partial charge in [-0.25, -0.2) is 9.78 Å². The number of amides is 1. The van der Waals surface area contributed by atoms with E-state index in [9.17, 15) is 9.90 Å². The average Bonchev–Trinajstić information content (AvgIpc) is 2.85. The van der Waals surface area contributed by atoms with Crippen molar-refractivity contribution in [3.05, 3.63) is 29.2 Å². The van der Waals surface area contributed by atoms with E-state index in [2.05, 4.69) is 20.5 Å². The lowest BCUT2D eigenvalue weighted by molar-refractivity contribution is 0.0635. The van der Waals surface area contributed by atoms with Gasteiger partial charge in [0, 0.05) is 0 Å². The van der Waals surface area contributed by atoms with E-state index in [1.165, 1.54) is 23.3 Å². The van der Waals surface area contributed by atoms with Crippen LogP contribution in [-0.2, 0) is 10.3 Å². The molecule has 2 aromatic heterocycles. The molecule has 0 bridgehead atoms. The molecule has 9 heteroatoms. The fourth-order valence-corrected chi connectivity index (χ4v) is 1.96. The van der Waals surface area contributed by atoms with E-state index in [-0.39, 0.29) is 10.8 Å². The molecule has 2 rings (SSSR count). The third-order valence-corrected chi connectivity index (χ3v) is 3.05. The zero-order valence-corrected chi connectivity index (χ0v) is 14.9. The molecule has 2 heterocycles. The molecule has 8 nitrogen and oxygen atoms in total. The SMILES string of the molecule is CC(C)(C)OC(=O)Nc1cnc(-n2ncc(C(C)(C)O)n2)c(Cl)c1. The van der Waals surface area contributed by atoms with Crippen molar-refractivity contribution in [1.82, 2.24) is 20.0 Å². The van der Waals surface area contributed by atoms with Crippen LogP contribution >= 0.6 is 11.6 Å². The summed E-state index contributed by atoms with van der Waals surface area (Å²) in [5, 5.41) is 20.9. The largest absolute Gasteiger partial charge is 0.444 e. The molecule has 0 spiro atoms. The first kappa shape index (κ1) is 18.2. The lowest BCUT2D eigenvalue weighted by Crippen LogP contribution is -2.27. The standard InChI is InChI=1S/C15H20ClN5O3/c1-14(2,3)24-13(22)19-9-6-10(16)12(17-7-9)21-18-8-11(20-21)15(4,5)23/h6-8,23H,1-5H3,(H,19,22). The predicted molar refractivity (Wildman–Crippen MR) is 89.3 cm³/mol. The third-order valence-electron chi connectivity index (χ3n) is 2.78. The van der Waals surface area contributed by atoms with Gasteiger partial charge in [-0.3, -0.25) is 5.32 Å². The molecule has 24 heavy (non-hydrogen) atoms. The molecule has 1 amide bonds. The maximum atomic E-state index is 11.7. The van der Waals surface area contributed by atoms with Gasteiger partial charge in [0.05, 0.1) is 23.1 Å². The van der Waals surface area contributed by atoms with Crippen LogP contribution in [0.2, 0.25) is 5.02 Å². The van der Waals surface area contributed by atoms with Crippen LogP contribution in [0.3, 0.4) is 0 Å². The predicted octanol–water partition coefficient (Wildman–Crippen LogP) is 2.89. The number of aliphatic hydroxyl groups is 1. The number of anilines is 1. The van der Waals surface area contributed by atoms with Crippen LogP contribution in [0.1, 0.15) is 40.3 Å². The molecule has 0 aliphatic carbocycles. The molecule has 130 valence electrons. The summed E-state index contributed by atoms with van der Waals surface area (Å²) in [5.74, 6) is 0.280. The Labute approximate surface area is 144 Å². The minimum atomic E-state index is -1.12. The number of hydrogen-bond acceptors (Lipinski definition) is 6. The first-order valence-corrected chi connectivity index (χ1v) is 7.64. The highest BCUT2D eigenvalue weighted by atomic mass is 35.5. The Morgan fingerprint density at radius 1 is 1.29 bits per heavy atom. The van der Waals surface area contributed by atoms with Crippen molar-refractivity contribution < 1.29 is 14.6 Å². The minimum Gasteiger partial charge on any atom is -0.444 e. The Bertz CT molecular complexity index is 746. The lowest BCUT2D eigenvalue weighted by Gasteiger charge is -2.19. The van der Waals surface area contributed by atoms with Gasteiger partial charge in [-0.05, 0) is 40.7 Å². The number of pyridine rings is 1. The van der Waals surface area contributed by atoms with E-state index in [0.717, 1.165) is 0 Å². The van der Waals surface area contributed by atoms with Crippen molar-refractivity contribution in [2.45, 2.75) is 45.8 Å². The molecule has 2 N–H and O–H groups in total. The van der Waals surface area contributed by atoms with Gasteiger partial charge < -0.3 is 9.84 Å². The van der Waals surface area contributed by atoms with Gasteiger partial charge in [0.15, 0.2) is 5.82 Å². The number of ether oxygens (including phenoxy) is 1. The summed E-state index contributed by atoms with van der Waals surface area (Å²) in [6.45, 7) is 8.51. The maximum Gasteiger partial charge on any atom is 0.412 e. The first-order valence-electron chi connectivity index (χ1n) is 7.27. The number of carbonyl (C=O) groups is 1. The summed E-state index contributed by atoms with van der Waals surface area (Å²) in [6, 6.07) is 1.51. The Morgan fingerprint density at radius 2 is 1.96 bits per heavy atom. The second-order valence-corrected chi connectivity index (χ2v) is 7.14. The first-order chi connectivity index (χ1) is 11.0. The molecule has 0 aromatic carbocycles. The van der Waals surface area contributed by atoms with Crippen LogP contribution < -0.4 is 5.32 Å². The Morgan fingerprint density at radius 3 is 2.46 bits per heavy atom. The second-order valence-electron chi connectivity index (χ2n) is 6.73. The zero-order chi connectivity index (χ0) is 18.1. The van der Waals surface area contributed by atoms with Gasteiger partial charge in [-0.15, -0.1) is 9.90 Å². The molecular weight excluding hydrogens is 334 g/mol. The number of hydrogen-bond donors (Lipinski definition) is 2. The summed E-state index contributed by atoms with van der Waals surface area (Å²) in [4.78, 5) is 17.1. The minimum absolute atomic E-state index is 0.237. The molecule has 0 radical (unpaired) electrons. The third kappa shape index (κ3) is 4.65. The Balaban J connectivity index is 2.18. The van der Waals surface area contributed by atoms with E-state index in [4.69, 9.17) is 16.3 Å². The van der Waals surface area contributed by atoms with Gasteiger partial charge in [0.25, 0.3) is 0 Å². The highest BCUT2D eigenvalue weighted by molar-refractivity contribution is 6.32. The number of halogens is 1. The maximum absolute atomic E-state index is 11.7. The molecule has 0 fully saturated rings. The lowest BCUT2D eigenvalue weighted by atomic mass is 10.1. The molecule has 0 unspecified atom stereocenters. The average molecular weight is 354 g/mol. The normalized spacial score (nSPS) is 12.1. The van der Waals surface area contributed by atoms with E-state index in [0.29, 0.717) is 11.4 Å². The number of carbonyl (C=O) groups excluding carboxylic acids is 1. The van der Waals surface area contributed by atoms with E-state index < -0.39 is 17.3 Å². The fourth-order valence-electron chi connectivity index (χ4n) is 1.71. The summed E-state index contributed by atoms with van der Waals surface area (Å²) in [5.41, 5.74) is -0.958. The van der Waals surface area contributed by atoms with Gasteiger partial charge in [0.2, 0.25) is 0 Å². The van der Waals surface area contributed by atoms with Crippen LogP contribution in [0, 0.1) is 0 Å². The smallest absolute Gasteiger partial charge is 0.412 e. The molecule has 0 aliphatic rings. The fraction of sp³-hybridized carbons (Fsp3) is 0.467. The van der Waals surface area contributed by atoms with E-state index in [1.54, 1.807) is 34.6 Å². The van der Waals surface area contributed by atoms with Crippen molar-refractivity contribution in [2.75, 3.05) is 5.32 Å². The molecule has 2 aromatic rings. The van der Waals surface area contributed by atoms with Crippen molar-refractivity contribution in [2.24, 2.45) is 0 Å². The number of nitrogens with one attached hydrogen (secondary N) is 1. The zero-order valence-electron chi connectivity index (χ0n) is 14.2. The summed E-state index contributed by atoms with van der Waals surface area (Å²) >= 11 is 6.19. The van der Waals surface area contributed by atoms with Crippen molar-refractivity contribution in [1.29, 1.82) is 0 Å². The molecule has 0 saturated carbocycles. The molecule has 0 aliphatic heterocycles. The Kier molecular flexibility index (Phi) is 4.82. The summed E-state index contributed by atoms with van der Waals surface area (Å²) < 4.78 is 5.16. The molecule has 0 atom stereocenters. The van der Waals surface area contributed by atoms with Crippen LogP contribution in [0.25, 0.3) is 5.82 Å². The van der Waals surface area contributed by atoms with Crippen LogP contribution in [0.15, 0.2) is 18.5 Å². The van der Waals surface area contributed by atoms with Crippen molar-refractivity contribution in [3.63, 3.8) is 0 Å². The van der Waals surface area contributed by atoms with Gasteiger partial charge in [-0.2, -0.15) is 5.10 Å². The van der Waals surface area contributed by atoms with E-state index >= 15 is 0 Å². The molecule has 0 saturated heterocycles. The van der Waals surface area contributed by atoms with Crippen molar-refractivity contribution >= 4 is 23.4 Å². The number of nitrogens with zero attached hydrogens (tertiary/aromatic N) is 4. The van der Waals surface area contributed by atoms with Gasteiger partial charge in [-0.1, -0.05) is 11.6 Å². The quantitative estimate of drug-likeness (QED) is 0.879. The van der Waals surface area contributed by atoms with Gasteiger partial charge in [0.1, 0.15) is 16.9 Å². The highest BCUT2D eigenvalue weighted by Crippen LogP contribution is 2.23. The number of rotatable bonds is 3. The highest BCUT2D eigenvalue weighted by Gasteiger charge is 2.21.